The van der Waals surface area contributed by atoms with Crippen LogP contribution in [0.15, 0.2) is 0 Å². The summed E-state index contributed by atoms with van der Waals surface area (Å²) in [6.45, 7) is 3.51. The lowest BCUT2D eigenvalue weighted by molar-refractivity contribution is -0.298. The van der Waals surface area contributed by atoms with Gasteiger partial charge in [-0.15, -0.1) is 0 Å². The van der Waals surface area contributed by atoms with Gasteiger partial charge in [-0.25, -0.2) is 4.18 Å². The molecular weight excluding hydrogens is 943 g/mol. The van der Waals surface area contributed by atoms with Crippen LogP contribution in [0.5, 0.6) is 0 Å². The van der Waals surface area contributed by atoms with Crippen LogP contribution in [0.3, 0.4) is 0 Å². The molecule has 0 aromatic carbocycles. The topological polar surface area (TPSA) is 192 Å². The van der Waals surface area contributed by atoms with Crippen LogP contribution >= 0.6 is 0 Å². The van der Waals surface area contributed by atoms with Crippen LogP contribution in [0, 0.1) is 0 Å². The van der Waals surface area contributed by atoms with Crippen molar-refractivity contribution in [3.63, 3.8) is 0 Å². The van der Waals surface area contributed by atoms with Gasteiger partial charge in [0.15, 0.2) is 6.29 Å². The van der Waals surface area contributed by atoms with Crippen molar-refractivity contribution in [2.45, 2.75) is 365 Å². The van der Waals surface area contributed by atoms with Crippen LogP contribution in [0.25, 0.3) is 0 Å². The second kappa shape index (κ2) is 50.6. The standard InChI is InChI=1S/C60H119NO11S/c1-3-5-7-9-11-13-15-17-19-21-23-24-25-26-27-28-29-30-31-32-34-36-38-40-42-44-46-48-50-56(64)61-53(52-70-60-58(66)59(72-73(67,68)69)57(65)55(51-62)71-60)54(63)49-47-45-43-41-39-37-35-33-22-20-18-16-14-12-10-8-6-4-2/h53-55,57-60,62-63,65-66H,3-52H2,1-2H3,(H,61,64)(H,67,68,69). The van der Waals surface area contributed by atoms with E-state index in [0.29, 0.717) is 12.8 Å². The lowest BCUT2D eigenvalue weighted by Gasteiger charge is -2.41. The van der Waals surface area contributed by atoms with Crippen molar-refractivity contribution in [3.05, 3.63) is 0 Å². The average Bonchev–Trinajstić information content (AvgIpc) is 3.37. The first-order valence-electron chi connectivity index (χ1n) is 31.4. The highest BCUT2D eigenvalue weighted by atomic mass is 32.3. The zero-order valence-corrected chi connectivity index (χ0v) is 48.3. The van der Waals surface area contributed by atoms with E-state index in [9.17, 15) is 38.2 Å². The number of unbranched alkanes of at least 4 members (excludes halogenated alkanes) is 44. The molecule has 1 aliphatic heterocycles. The fourth-order valence-corrected chi connectivity index (χ4v) is 11.1. The summed E-state index contributed by atoms with van der Waals surface area (Å²) in [6.07, 6.45) is 51.2. The molecule has 7 unspecified atom stereocenters. The summed E-state index contributed by atoms with van der Waals surface area (Å²) < 4.78 is 48.0. The minimum Gasteiger partial charge on any atom is -0.394 e. The number of rotatable bonds is 56. The summed E-state index contributed by atoms with van der Waals surface area (Å²) in [5, 5.41) is 45.2. The molecule has 1 saturated heterocycles. The predicted octanol–water partition coefficient (Wildman–Crippen LogP) is 15.2. The molecule has 73 heavy (non-hydrogen) atoms. The molecule has 1 amide bonds. The molecule has 0 aromatic rings. The van der Waals surface area contributed by atoms with E-state index in [2.05, 4.69) is 23.3 Å². The number of aliphatic hydroxyl groups excluding tert-OH is 4. The Labute approximate surface area is 449 Å². The van der Waals surface area contributed by atoms with Gasteiger partial charge < -0.3 is 35.2 Å². The van der Waals surface area contributed by atoms with Crippen molar-refractivity contribution in [2.24, 2.45) is 0 Å². The molecule has 0 aromatic heterocycles. The van der Waals surface area contributed by atoms with E-state index in [1.54, 1.807) is 0 Å². The molecule has 12 nitrogen and oxygen atoms in total. The smallest absolute Gasteiger partial charge is 0.394 e. The Hall–Kier alpha value is -0.900. The van der Waals surface area contributed by atoms with E-state index in [0.717, 1.165) is 51.4 Å². The summed E-state index contributed by atoms with van der Waals surface area (Å²) in [4.78, 5) is 13.2. The Morgan fingerprint density at radius 1 is 0.493 bits per heavy atom. The molecule has 1 aliphatic rings. The Bertz CT molecular complexity index is 1290. The maximum atomic E-state index is 13.2. The molecule has 1 heterocycles. The summed E-state index contributed by atoms with van der Waals surface area (Å²) in [5.74, 6) is -0.221. The SMILES string of the molecule is CCCCCCCCCCCCCCCCCCCCCCCCCCCCCCC(=O)NC(COC1OC(CO)C(O)C(OS(=O)(=O)O)C1O)C(O)CCCCCCCCCCCCCCCCCCCC. The quantitative estimate of drug-likeness (QED) is 0.0251. The monoisotopic (exact) mass is 1060 g/mol. The second-order valence-electron chi connectivity index (χ2n) is 22.4. The van der Waals surface area contributed by atoms with Gasteiger partial charge in [-0.2, -0.15) is 8.42 Å². The first-order valence-corrected chi connectivity index (χ1v) is 32.8. The summed E-state index contributed by atoms with van der Waals surface area (Å²) in [7, 11) is -5.08. The van der Waals surface area contributed by atoms with Crippen molar-refractivity contribution in [2.75, 3.05) is 13.2 Å². The third-order valence-corrected chi connectivity index (χ3v) is 15.9. The van der Waals surface area contributed by atoms with E-state index in [1.165, 1.54) is 244 Å². The summed E-state index contributed by atoms with van der Waals surface area (Å²) >= 11 is 0. The number of ether oxygens (including phenoxy) is 2. The number of carbonyl (C=O) groups is 1. The van der Waals surface area contributed by atoms with Crippen LogP contribution in [-0.4, -0.2) is 95.4 Å². The van der Waals surface area contributed by atoms with Crippen molar-refractivity contribution in [1.82, 2.24) is 5.32 Å². The van der Waals surface area contributed by atoms with Gasteiger partial charge in [0.1, 0.15) is 24.4 Å². The number of nitrogens with one attached hydrogen (secondary N) is 1. The zero-order chi connectivity index (χ0) is 53.3. The van der Waals surface area contributed by atoms with Crippen molar-refractivity contribution in [3.8, 4) is 0 Å². The van der Waals surface area contributed by atoms with Gasteiger partial charge in [0.25, 0.3) is 0 Å². The molecular formula is C60H119NO11S. The molecule has 0 radical (unpaired) electrons. The molecule has 0 spiro atoms. The van der Waals surface area contributed by atoms with E-state index < -0.39 is 59.9 Å². The fourth-order valence-electron chi connectivity index (χ4n) is 10.6. The Morgan fingerprint density at radius 2 is 0.795 bits per heavy atom. The van der Waals surface area contributed by atoms with Crippen molar-refractivity contribution in [1.29, 1.82) is 0 Å². The first-order chi connectivity index (χ1) is 35.5. The minimum absolute atomic E-state index is 0.221. The largest absolute Gasteiger partial charge is 0.397 e. The molecule has 0 saturated carbocycles. The van der Waals surface area contributed by atoms with Gasteiger partial charge in [0, 0.05) is 6.42 Å². The lowest BCUT2D eigenvalue weighted by atomic mass is 9.99. The number of aliphatic hydroxyl groups is 4. The Balaban J connectivity index is 2.26. The third-order valence-electron chi connectivity index (χ3n) is 15.4. The zero-order valence-electron chi connectivity index (χ0n) is 47.5. The van der Waals surface area contributed by atoms with Crippen molar-refractivity contribution < 1.29 is 51.8 Å². The molecule has 7 atom stereocenters. The lowest BCUT2D eigenvalue weighted by Crippen LogP contribution is -2.61. The molecule has 1 rings (SSSR count). The highest BCUT2D eigenvalue weighted by Crippen LogP contribution is 2.26. The van der Waals surface area contributed by atoms with Crippen LogP contribution in [0.4, 0.5) is 0 Å². The predicted molar refractivity (Wildman–Crippen MR) is 301 cm³/mol. The van der Waals surface area contributed by atoms with E-state index in [-0.39, 0.29) is 12.5 Å². The Kier molecular flexibility index (Phi) is 48.6. The molecule has 0 aliphatic carbocycles. The number of carbonyl (C=O) groups excluding carboxylic acids is 1. The van der Waals surface area contributed by atoms with Crippen LogP contribution in [0.1, 0.15) is 322 Å². The van der Waals surface area contributed by atoms with Gasteiger partial charge in [0.05, 0.1) is 25.4 Å². The highest BCUT2D eigenvalue weighted by Gasteiger charge is 2.48. The molecule has 13 heteroatoms. The van der Waals surface area contributed by atoms with Crippen LogP contribution < -0.4 is 5.32 Å². The average molecular weight is 1060 g/mol. The molecule has 6 N–H and O–H groups in total. The second-order valence-corrected chi connectivity index (χ2v) is 23.4. The minimum atomic E-state index is -5.08. The van der Waals surface area contributed by atoms with Gasteiger partial charge in [-0.3, -0.25) is 9.35 Å². The third kappa shape index (κ3) is 42.8. The van der Waals surface area contributed by atoms with Gasteiger partial charge in [0.2, 0.25) is 5.91 Å². The molecule has 1 fully saturated rings. The highest BCUT2D eigenvalue weighted by molar-refractivity contribution is 7.80. The summed E-state index contributed by atoms with van der Waals surface area (Å²) in [5.41, 5.74) is 0. The van der Waals surface area contributed by atoms with E-state index in [1.807, 2.05) is 0 Å². The van der Waals surface area contributed by atoms with Crippen molar-refractivity contribution >= 4 is 16.3 Å². The fraction of sp³-hybridized carbons (Fsp3) is 0.983. The van der Waals surface area contributed by atoms with Crippen LogP contribution in [-0.2, 0) is 28.9 Å². The normalized spacial score (nSPS) is 19.1. The maximum absolute atomic E-state index is 13.2. The number of amides is 1. The van der Waals surface area contributed by atoms with Gasteiger partial charge >= 0.3 is 10.4 Å². The van der Waals surface area contributed by atoms with E-state index >= 15 is 0 Å². The van der Waals surface area contributed by atoms with E-state index in [4.69, 9.17) is 9.47 Å². The number of hydrogen-bond acceptors (Lipinski definition) is 10. The first kappa shape index (κ1) is 70.1. The molecule has 0 bridgehead atoms. The number of hydrogen-bond donors (Lipinski definition) is 6. The van der Waals surface area contributed by atoms with Gasteiger partial charge in [-0.05, 0) is 12.8 Å². The molecule has 436 valence electrons. The van der Waals surface area contributed by atoms with Crippen LogP contribution in [0.2, 0.25) is 0 Å². The maximum Gasteiger partial charge on any atom is 0.397 e. The van der Waals surface area contributed by atoms with Gasteiger partial charge in [-0.1, -0.05) is 303 Å². The Morgan fingerprint density at radius 3 is 1.10 bits per heavy atom. The summed E-state index contributed by atoms with van der Waals surface area (Å²) in [6, 6.07) is -0.853.